The van der Waals surface area contributed by atoms with Crippen LogP contribution in [0.15, 0.2) is 42.5 Å². The molecule has 0 saturated heterocycles. The number of fused-ring (bicyclic) bond motifs is 2. The van der Waals surface area contributed by atoms with Crippen molar-refractivity contribution in [1.82, 2.24) is 19.7 Å². The van der Waals surface area contributed by atoms with Crippen molar-refractivity contribution in [2.75, 3.05) is 39.3 Å². The molecule has 0 amide bonds. The summed E-state index contributed by atoms with van der Waals surface area (Å²) >= 11 is 0. The van der Waals surface area contributed by atoms with Crippen molar-refractivity contribution in [1.29, 1.82) is 0 Å². The van der Waals surface area contributed by atoms with Crippen LogP contribution in [0.4, 0.5) is 0 Å². The van der Waals surface area contributed by atoms with Crippen LogP contribution in [0.2, 0.25) is 0 Å². The molecular weight excluding hydrogens is 500 g/mol. The lowest BCUT2D eigenvalue weighted by atomic mass is 10.0. The van der Waals surface area contributed by atoms with Crippen molar-refractivity contribution in [2.24, 2.45) is 0 Å². The maximum atomic E-state index is 11.8. The Balaban J connectivity index is 0.00000124. The fraction of sp³-hybridized carbons (Fsp3) is 0.517. The summed E-state index contributed by atoms with van der Waals surface area (Å²) in [6.45, 7) is 7.27. The van der Waals surface area contributed by atoms with E-state index in [4.69, 9.17) is 0 Å². The lowest BCUT2D eigenvalue weighted by Gasteiger charge is -2.35. The van der Waals surface area contributed by atoms with Gasteiger partial charge in [0.15, 0.2) is 0 Å². The Morgan fingerprint density at radius 2 is 1.33 bits per heavy atom. The number of carboxylic acid groups (broad SMARTS) is 3. The van der Waals surface area contributed by atoms with Crippen molar-refractivity contribution in [3.8, 4) is 0 Å². The number of aliphatic carboxylic acids is 3. The third kappa shape index (κ3) is 12.4. The summed E-state index contributed by atoms with van der Waals surface area (Å²) in [5.41, 5.74) is 3.49. The number of carboxylic acids is 3. The highest BCUT2D eigenvalue weighted by Crippen LogP contribution is 2.17. The molecule has 0 aliphatic carbocycles. The zero-order valence-corrected chi connectivity index (χ0v) is 23.3. The second kappa shape index (κ2) is 16.6. The molecule has 10 nitrogen and oxygen atoms in total. The predicted molar refractivity (Wildman–Crippen MR) is 149 cm³/mol. The number of unbranched alkanes of at least 4 members (excludes halogenated alkanes) is 1. The molecule has 0 fully saturated rings. The zero-order chi connectivity index (χ0) is 28.8. The molecule has 1 aliphatic rings. The molecule has 0 radical (unpaired) electrons. The van der Waals surface area contributed by atoms with Gasteiger partial charge in [0.25, 0.3) is 0 Å². The van der Waals surface area contributed by atoms with Crippen LogP contribution in [0.5, 0.6) is 0 Å². The second-order valence-corrected chi connectivity index (χ2v) is 10.00. The van der Waals surface area contributed by atoms with E-state index in [0.717, 1.165) is 11.1 Å². The summed E-state index contributed by atoms with van der Waals surface area (Å²) < 4.78 is 0. The van der Waals surface area contributed by atoms with Crippen molar-refractivity contribution < 1.29 is 29.7 Å². The van der Waals surface area contributed by atoms with Crippen LogP contribution in [-0.2, 0) is 33.9 Å². The third-order valence-corrected chi connectivity index (χ3v) is 6.48. The van der Waals surface area contributed by atoms with Gasteiger partial charge in [0, 0.05) is 38.8 Å². The highest BCUT2D eigenvalue weighted by molar-refractivity contribution is 5.70. The van der Waals surface area contributed by atoms with Crippen LogP contribution in [0, 0.1) is 6.92 Å². The van der Waals surface area contributed by atoms with Gasteiger partial charge in [-0.3, -0.25) is 34.1 Å². The summed E-state index contributed by atoms with van der Waals surface area (Å²) in [4.78, 5) is 44.8. The fourth-order valence-electron chi connectivity index (χ4n) is 4.35. The number of nitrogens with zero attached hydrogens (tertiary/aromatic N) is 4. The van der Waals surface area contributed by atoms with Crippen LogP contribution in [0.3, 0.4) is 0 Å². The molecule has 1 unspecified atom stereocenters. The Labute approximate surface area is 230 Å². The quantitative estimate of drug-likeness (QED) is 0.434. The molecule has 214 valence electrons. The van der Waals surface area contributed by atoms with E-state index in [1.54, 1.807) is 9.80 Å². The van der Waals surface area contributed by atoms with Gasteiger partial charge in [-0.2, -0.15) is 0 Å². The van der Waals surface area contributed by atoms with Crippen molar-refractivity contribution in [3.63, 3.8) is 0 Å². The largest absolute Gasteiger partial charge is 0.480 e. The SMILES string of the molecule is CCCC.Cc1ccc(CC2CN(CC(=O)O)CCN(CC(=O)O)Cc3cccc(n3)CN2CC(=O)O)cc1. The van der Waals surface area contributed by atoms with Gasteiger partial charge in [-0.1, -0.05) is 62.6 Å². The number of aromatic nitrogens is 1. The van der Waals surface area contributed by atoms with Crippen LogP contribution < -0.4 is 0 Å². The van der Waals surface area contributed by atoms with E-state index < -0.39 is 17.9 Å². The maximum absolute atomic E-state index is 11.8. The van der Waals surface area contributed by atoms with Crippen molar-refractivity contribution >= 4 is 17.9 Å². The molecule has 39 heavy (non-hydrogen) atoms. The average molecular weight is 543 g/mol. The van der Waals surface area contributed by atoms with E-state index in [1.807, 2.05) is 54.3 Å². The van der Waals surface area contributed by atoms with Gasteiger partial charge in [-0.05, 0) is 31.0 Å². The molecule has 1 aromatic carbocycles. The third-order valence-electron chi connectivity index (χ3n) is 6.48. The van der Waals surface area contributed by atoms with E-state index in [2.05, 4.69) is 18.8 Å². The lowest BCUT2D eigenvalue weighted by molar-refractivity contribution is -0.141. The van der Waals surface area contributed by atoms with Gasteiger partial charge in [0.2, 0.25) is 0 Å². The van der Waals surface area contributed by atoms with Crippen LogP contribution in [0.25, 0.3) is 0 Å². The number of benzene rings is 1. The summed E-state index contributed by atoms with van der Waals surface area (Å²) in [7, 11) is 0. The standard InChI is InChI=1S/C25H32N4O6.C4H10/c1-18-5-7-19(8-6-18)11-22-14-28(16-24(32)33)10-9-27(15-23(30)31)12-20-3-2-4-21(26-20)13-29(22)17-25(34)35;1-3-4-2/h2-8,22H,9-17H2,1H3,(H,30,31)(H,32,33)(H,34,35);3-4H2,1-2H3. The number of aryl methyl sites for hydroxylation is 1. The van der Waals surface area contributed by atoms with Crippen LogP contribution in [-0.4, -0.2) is 98.2 Å². The molecule has 2 aromatic rings. The number of hydrogen-bond donors (Lipinski definition) is 3. The molecule has 2 bridgehead atoms. The first-order valence-corrected chi connectivity index (χ1v) is 13.4. The number of rotatable bonds is 9. The minimum absolute atomic E-state index is 0.190. The molecule has 1 aromatic heterocycles. The Hall–Kier alpha value is -3.34. The molecule has 0 spiro atoms. The van der Waals surface area contributed by atoms with Gasteiger partial charge in [-0.25, -0.2) is 0 Å². The van der Waals surface area contributed by atoms with E-state index in [-0.39, 0.29) is 32.2 Å². The highest BCUT2D eigenvalue weighted by Gasteiger charge is 2.27. The second-order valence-electron chi connectivity index (χ2n) is 10.00. The first-order chi connectivity index (χ1) is 18.6. The Kier molecular flexibility index (Phi) is 13.6. The van der Waals surface area contributed by atoms with E-state index in [9.17, 15) is 29.7 Å². The molecule has 3 N–H and O–H groups in total. The Bertz CT molecular complexity index is 1060. The van der Waals surface area contributed by atoms with Gasteiger partial charge in [0.05, 0.1) is 31.0 Å². The lowest BCUT2D eigenvalue weighted by Crippen LogP contribution is -2.50. The number of pyridine rings is 1. The first-order valence-electron chi connectivity index (χ1n) is 13.4. The normalized spacial score (nSPS) is 17.3. The smallest absolute Gasteiger partial charge is 0.317 e. The Morgan fingerprint density at radius 3 is 1.90 bits per heavy atom. The molecule has 1 aliphatic heterocycles. The van der Waals surface area contributed by atoms with E-state index >= 15 is 0 Å². The molecular formula is C29H42N4O6. The zero-order valence-electron chi connectivity index (χ0n) is 23.3. The first kappa shape index (κ1) is 31.9. The van der Waals surface area contributed by atoms with Crippen molar-refractivity contribution in [3.05, 3.63) is 65.0 Å². The molecule has 2 heterocycles. The average Bonchev–Trinajstić information content (AvgIpc) is 2.86. The van der Waals surface area contributed by atoms with Gasteiger partial charge >= 0.3 is 17.9 Å². The van der Waals surface area contributed by atoms with Crippen molar-refractivity contribution in [2.45, 2.75) is 59.2 Å². The molecule has 0 saturated carbocycles. The maximum Gasteiger partial charge on any atom is 0.317 e. The topological polar surface area (TPSA) is 135 Å². The minimum Gasteiger partial charge on any atom is -0.480 e. The molecule has 10 heteroatoms. The minimum atomic E-state index is -0.993. The summed E-state index contributed by atoms with van der Waals surface area (Å²) in [6, 6.07) is 13.2. The monoisotopic (exact) mass is 542 g/mol. The fourth-order valence-corrected chi connectivity index (χ4v) is 4.35. The molecule has 1 atom stereocenters. The van der Waals surface area contributed by atoms with Crippen LogP contribution in [0.1, 0.15) is 49.2 Å². The van der Waals surface area contributed by atoms with Gasteiger partial charge < -0.3 is 15.3 Å². The summed E-state index contributed by atoms with van der Waals surface area (Å²) in [6.07, 6.45) is 3.17. The van der Waals surface area contributed by atoms with Gasteiger partial charge in [0.1, 0.15) is 0 Å². The van der Waals surface area contributed by atoms with Crippen LogP contribution >= 0.6 is 0 Å². The molecule has 3 rings (SSSR count). The van der Waals surface area contributed by atoms with E-state index in [0.29, 0.717) is 44.0 Å². The highest BCUT2D eigenvalue weighted by atomic mass is 16.4. The Morgan fingerprint density at radius 1 is 0.795 bits per heavy atom. The summed E-state index contributed by atoms with van der Waals surface area (Å²) in [5.74, 6) is -2.94. The number of hydrogen-bond acceptors (Lipinski definition) is 7. The van der Waals surface area contributed by atoms with E-state index in [1.165, 1.54) is 12.8 Å². The number of carbonyl (C=O) groups is 3. The summed E-state index contributed by atoms with van der Waals surface area (Å²) in [5, 5.41) is 28.5. The van der Waals surface area contributed by atoms with Gasteiger partial charge in [-0.15, -0.1) is 0 Å². The predicted octanol–water partition coefficient (Wildman–Crippen LogP) is 2.98.